The lowest BCUT2D eigenvalue weighted by molar-refractivity contribution is 0.141. The van der Waals surface area contributed by atoms with Crippen LogP contribution in [-0.2, 0) is 4.74 Å². The molecule has 0 radical (unpaired) electrons. The Morgan fingerprint density at radius 1 is 1.38 bits per heavy atom. The van der Waals surface area contributed by atoms with Crippen LogP contribution in [0.25, 0.3) is 0 Å². The number of benzene rings is 1. The molecule has 1 saturated heterocycles. The van der Waals surface area contributed by atoms with Crippen LogP contribution >= 0.6 is 31.9 Å². The second-order valence-electron chi connectivity index (χ2n) is 5.09. The number of rotatable bonds is 6. The van der Waals surface area contributed by atoms with Crippen molar-refractivity contribution in [1.29, 1.82) is 0 Å². The molecule has 2 rings (SSSR count). The summed E-state index contributed by atoms with van der Waals surface area (Å²) >= 11 is 7.03. The largest absolute Gasteiger partial charge is 0.491 e. The molecule has 1 fully saturated rings. The highest BCUT2D eigenvalue weighted by molar-refractivity contribution is 9.11. The molecule has 1 atom stereocenters. The first-order chi connectivity index (χ1) is 9.97. The summed E-state index contributed by atoms with van der Waals surface area (Å²) in [7, 11) is 4.08. The maximum atomic E-state index is 11.1. The Balaban J connectivity index is 2.01. The molecule has 1 aromatic rings. The molecule has 1 heterocycles. The van der Waals surface area contributed by atoms with Gasteiger partial charge in [0.2, 0.25) is 0 Å². The van der Waals surface area contributed by atoms with E-state index in [4.69, 9.17) is 9.47 Å². The topological polar surface area (TPSA) is 50.8 Å². The highest BCUT2D eigenvalue weighted by Gasteiger charge is 2.25. The van der Waals surface area contributed by atoms with Crippen molar-refractivity contribution in [2.24, 2.45) is 0 Å². The molecule has 1 N–H and O–H groups in total. The maximum Gasteiger partial charge on any atom is 0.407 e. The van der Waals surface area contributed by atoms with Gasteiger partial charge in [0.15, 0.2) is 0 Å². The lowest BCUT2D eigenvalue weighted by Crippen LogP contribution is -2.15. The number of amides is 1. The van der Waals surface area contributed by atoms with Gasteiger partial charge in [-0.3, -0.25) is 0 Å². The zero-order chi connectivity index (χ0) is 15.4. The van der Waals surface area contributed by atoms with Crippen LogP contribution in [-0.4, -0.2) is 44.8 Å². The van der Waals surface area contributed by atoms with Crippen LogP contribution in [0.3, 0.4) is 0 Å². The van der Waals surface area contributed by atoms with Crippen LogP contribution in [0, 0.1) is 0 Å². The van der Waals surface area contributed by atoms with Crippen LogP contribution in [0.4, 0.5) is 4.79 Å². The third kappa shape index (κ3) is 4.59. The number of nitrogens with one attached hydrogen (secondary N) is 1. The molecule has 7 heteroatoms. The van der Waals surface area contributed by atoms with Crippen molar-refractivity contribution in [2.75, 3.05) is 33.8 Å². The van der Waals surface area contributed by atoms with E-state index >= 15 is 0 Å². The fraction of sp³-hybridized carbons (Fsp3) is 0.500. The van der Waals surface area contributed by atoms with Gasteiger partial charge in [-0.15, -0.1) is 0 Å². The quantitative estimate of drug-likeness (QED) is 0.715. The number of cyclic esters (lactones) is 1. The number of carbonyl (C=O) groups excluding carboxylic acids is 1. The van der Waals surface area contributed by atoms with Crippen molar-refractivity contribution in [1.82, 2.24) is 10.2 Å². The Labute approximate surface area is 141 Å². The highest BCUT2D eigenvalue weighted by Crippen LogP contribution is 2.37. The van der Waals surface area contributed by atoms with E-state index in [-0.39, 0.29) is 12.2 Å². The number of halogens is 2. The molecule has 0 spiro atoms. The Bertz CT molecular complexity index is 500. The third-order valence-electron chi connectivity index (χ3n) is 3.07. The molecule has 0 unspecified atom stereocenters. The molecule has 21 heavy (non-hydrogen) atoms. The Morgan fingerprint density at radius 3 is 2.57 bits per heavy atom. The number of nitrogens with zero attached hydrogens (tertiary/aromatic N) is 1. The zero-order valence-corrected chi connectivity index (χ0v) is 15.2. The molecule has 0 aromatic heterocycles. The summed E-state index contributed by atoms with van der Waals surface area (Å²) in [6.07, 6.45) is 0.321. The molecule has 1 aliphatic rings. The molecular weight excluding hydrogens is 404 g/mol. The average Bonchev–Trinajstić information content (AvgIpc) is 2.83. The SMILES string of the molecule is CN(C)CCCOc1c(Br)cc([C@H]2CNC(=O)O2)cc1Br. The minimum Gasteiger partial charge on any atom is -0.491 e. The Morgan fingerprint density at radius 2 is 2.05 bits per heavy atom. The molecule has 0 saturated carbocycles. The monoisotopic (exact) mass is 420 g/mol. The van der Waals surface area contributed by atoms with Gasteiger partial charge in [0.25, 0.3) is 0 Å². The van der Waals surface area contributed by atoms with Crippen molar-refractivity contribution >= 4 is 38.0 Å². The van der Waals surface area contributed by atoms with E-state index in [1.165, 1.54) is 0 Å². The lowest BCUT2D eigenvalue weighted by atomic mass is 10.1. The minimum absolute atomic E-state index is 0.257. The van der Waals surface area contributed by atoms with Gasteiger partial charge in [-0.25, -0.2) is 4.79 Å². The summed E-state index contributed by atoms with van der Waals surface area (Å²) in [6, 6.07) is 3.86. The molecule has 0 bridgehead atoms. The molecule has 1 aromatic carbocycles. The average molecular weight is 422 g/mol. The highest BCUT2D eigenvalue weighted by atomic mass is 79.9. The number of alkyl carbamates (subject to hydrolysis) is 1. The zero-order valence-electron chi connectivity index (χ0n) is 12.0. The van der Waals surface area contributed by atoms with Crippen LogP contribution < -0.4 is 10.1 Å². The fourth-order valence-corrected chi connectivity index (χ4v) is 3.48. The summed E-state index contributed by atoms with van der Waals surface area (Å²) in [5.74, 6) is 0.773. The summed E-state index contributed by atoms with van der Waals surface area (Å²) in [5.41, 5.74) is 0.924. The normalized spacial score (nSPS) is 17.8. The minimum atomic E-state index is -0.378. The van der Waals surface area contributed by atoms with Gasteiger partial charge in [-0.2, -0.15) is 0 Å². The van der Waals surface area contributed by atoms with Gasteiger partial charge < -0.3 is 19.7 Å². The van der Waals surface area contributed by atoms with Crippen LogP contribution in [0.1, 0.15) is 18.1 Å². The van der Waals surface area contributed by atoms with Crippen molar-refractivity contribution < 1.29 is 14.3 Å². The third-order valence-corrected chi connectivity index (χ3v) is 4.25. The number of hydrogen-bond donors (Lipinski definition) is 1. The van der Waals surface area contributed by atoms with Crippen molar-refractivity contribution in [2.45, 2.75) is 12.5 Å². The molecule has 1 amide bonds. The maximum absolute atomic E-state index is 11.1. The van der Waals surface area contributed by atoms with E-state index in [0.29, 0.717) is 13.2 Å². The first kappa shape index (κ1) is 16.6. The molecule has 1 aliphatic heterocycles. The van der Waals surface area contributed by atoms with Gasteiger partial charge in [0, 0.05) is 6.54 Å². The van der Waals surface area contributed by atoms with Crippen LogP contribution in [0.5, 0.6) is 5.75 Å². The molecular formula is C14H18Br2N2O3. The lowest BCUT2D eigenvalue weighted by Gasteiger charge is -2.15. The van der Waals surface area contributed by atoms with Crippen molar-refractivity contribution in [3.63, 3.8) is 0 Å². The van der Waals surface area contributed by atoms with Gasteiger partial charge in [0.1, 0.15) is 11.9 Å². The van der Waals surface area contributed by atoms with Gasteiger partial charge in [-0.1, -0.05) is 0 Å². The van der Waals surface area contributed by atoms with Gasteiger partial charge in [-0.05, 0) is 70.1 Å². The van der Waals surface area contributed by atoms with E-state index in [2.05, 4.69) is 42.1 Å². The van der Waals surface area contributed by atoms with E-state index in [1.807, 2.05) is 26.2 Å². The predicted octanol–water partition coefficient (Wildman–Crippen LogP) is 3.32. The van der Waals surface area contributed by atoms with E-state index in [1.54, 1.807) is 0 Å². The van der Waals surface area contributed by atoms with Gasteiger partial charge >= 0.3 is 6.09 Å². The second-order valence-corrected chi connectivity index (χ2v) is 6.80. The van der Waals surface area contributed by atoms with Crippen molar-refractivity contribution in [3.8, 4) is 5.75 Å². The summed E-state index contributed by atoms with van der Waals surface area (Å²) in [5, 5.41) is 2.65. The molecule has 5 nitrogen and oxygen atoms in total. The van der Waals surface area contributed by atoms with Gasteiger partial charge in [0.05, 0.1) is 22.1 Å². The first-order valence-corrected chi connectivity index (χ1v) is 8.27. The van der Waals surface area contributed by atoms with Crippen molar-refractivity contribution in [3.05, 3.63) is 26.6 Å². The standard InChI is InChI=1S/C14H18Br2N2O3/c1-18(2)4-3-5-20-13-10(15)6-9(7-11(13)16)12-8-17-14(19)21-12/h6-7,12H,3-5,8H2,1-2H3,(H,17,19)/t12-/m1/s1. The summed E-state index contributed by atoms with van der Waals surface area (Å²) < 4.78 is 12.7. The number of carbonyl (C=O) groups is 1. The molecule has 0 aliphatic carbocycles. The first-order valence-electron chi connectivity index (χ1n) is 6.68. The summed E-state index contributed by atoms with van der Waals surface area (Å²) in [4.78, 5) is 13.2. The second kappa shape index (κ2) is 7.47. The fourth-order valence-electron chi connectivity index (χ4n) is 2.03. The summed E-state index contributed by atoms with van der Waals surface area (Å²) in [6.45, 7) is 2.12. The van der Waals surface area contributed by atoms with Crippen LogP contribution in [0.15, 0.2) is 21.1 Å². The predicted molar refractivity (Wildman–Crippen MR) is 87.7 cm³/mol. The number of hydrogen-bond acceptors (Lipinski definition) is 4. The smallest absolute Gasteiger partial charge is 0.407 e. The number of ether oxygens (including phenoxy) is 2. The Kier molecular flexibility index (Phi) is 5.89. The van der Waals surface area contributed by atoms with E-state index < -0.39 is 0 Å². The van der Waals surface area contributed by atoms with Crippen LogP contribution in [0.2, 0.25) is 0 Å². The molecule has 116 valence electrons. The van der Waals surface area contributed by atoms with E-state index in [9.17, 15) is 4.79 Å². The van der Waals surface area contributed by atoms with E-state index in [0.717, 1.165) is 33.2 Å². The Hall–Kier alpha value is -0.790.